The second-order valence-corrected chi connectivity index (χ2v) is 4.59. The van der Waals surface area contributed by atoms with Gasteiger partial charge in [-0.2, -0.15) is 0 Å². The van der Waals surface area contributed by atoms with Crippen molar-refractivity contribution in [3.63, 3.8) is 0 Å². The number of carbonyl (C=O) groups is 1. The van der Waals surface area contributed by atoms with Gasteiger partial charge in [-0.05, 0) is 44.4 Å². The number of pyridine rings is 1. The van der Waals surface area contributed by atoms with Crippen molar-refractivity contribution < 1.29 is 9.90 Å². The summed E-state index contributed by atoms with van der Waals surface area (Å²) in [5.41, 5.74) is 6.20. The van der Waals surface area contributed by atoms with Gasteiger partial charge in [0.25, 0.3) is 0 Å². The SMILES string of the molecule is Cc1ccc(O)c(NC(=O)CCC(C)CCN)n1. The number of rotatable bonds is 6. The third-order valence-electron chi connectivity index (χ3n) is 2.79. The maximum absolute atomic E-state index is 11.7. The number of hydrogen-bond acceptors (Lipinski definition) is 4. The van der Waals surface area contributed by atoms with E-state index in [9.17, 15) is 9.90 Å². The van der Waals surface area contributed by atoms with Crippen LogP contribution in [0.3, 0.4) is 0 Å². The minimum atomic E-state index is -0.132. The summed E-state index contributed by atoms with van der Waals surface area (Å²) in [6, 6.07) is 3.21. The molecular formula is C13H21N3O2. The Morgan fingerprint density at radius 1 is 1.50 bits per heavy atom. The topological polar surface area (TPSA) is 88.2 Å². The molecule has 1 unspecified atom stereocenters. The Balaban J connectivity index is 2.47. The average Bonchev–Trinajstić information content (AvgIpc) is 2.32. The number of anilines is 1. The highest BCUT2D eigenvalue weighted by Gasteiger charge is 2.10. The lowest BCUT2D eigenvalue weighted by Crippen LogP contribution is -2.15. The van der Waals surface area contributed by atoms with Gasteiger partial charge in [-0.25, -0.2) is 4.98 Å². The first kappa shape index (κ1) is 14.4. The normalized spacial score (nSPS) is 12.2. The fourth-order valence-electron chi connectivity index (χ4n) is 1.64. The van der Waals surface area contributed by atoms with Crippen LogP contribution in [0.1, 0.15) is 31.9 Å². The summed E-state index contributed by atoms with van der Waals surface area (Å²) < 4.78 is 0. The lowest BCUT2D eigenvalue weighted by atomic mass is 10.0. The summed E-state index contributed by atoms with van der Waals surface area (Å²) in [6.45, 7) is 4.52. The quantitative estimate of drug-likeness (QED) is 0.719. The molecule has 0 fully saturated rings. The Kier molecular flexibility index (Phi) is 5.58. The largest absolute Gasteiger partial charge is 0.504 e. The van der Waals surface area contributed by atoms with Crippen LogP contribution in [0.4, 0.5) is 5.82 Å². The lowest BCUT2D eigenvalue weighted by Gasteiger charge is -2.10. The zero-order valence-corrected chi connectivity index (χ0v) is 10.9. The molecule has 4 N–H and O–H groups in total. The third kappa shape index (κ3) is 4.71. The number of aromatic hydroxyl groups is 1. The Morgan fingerprint density at radius 2 is 2.22 bits per heavy atom. The van der Waals surface area contributed by atoms with Crippen LogP contribution in [-0.4, -0.2) is 22.5 Å². The Hall–Kier alpha value is -1.62. The number of aromatic nitrogens is 1. The van der Waals surface area contributed by atoms with Crippen molar-refractivity contribution in [1.29, 1.82) is 0 Å². The van der Waals surface area contributed by atoms with Crippen LogP contribution >= 0.6 is 0 Å². The Bertz CT molecular complexity index is 407. The van der Waals surface area contributed by atoms with E-state index in [2.05, 4.69) is 17.2 Å². The highest BCUT2D eigenvalue weighted by Crippen LogP contribution is 2.20. The third-order valence-corrected chi connectivity index (χ3v) is 2.79. The zero-order chi connectivity index (χ0) is 13.5. The molecule has 0 aliphatic heterocycles. The van der Waals surface area contributed by atoms with Crippen LogP contribution in [0.5, 0.6) is 5.75 Å². The highest BCUT2D eigenvalue weighted by atomic mass is 16.3. The van der Waals surface area contributed by atoms with Crippen molar-refractivity contribution in [3.8, 4) is 5.75 Å². The van der Waals surface area contributed by atoms with E-state index in [-0.39, 0.29) is 17.5 Å². The smallest absolute Gasteiger partial charge is 0.225 e. The number of nitrogens with two attached hydrogens (primary N) is 1. The van der Waals surface area contributed by atoms with Crippen LogP contribution in [0.25, 0.3) is 0 Å². The molecule has 100 valence electrons. The van der Waals surface area contributed by atoms with Gasteiger partial charge in [-0.1, -0.05) is 6.92 Å². The Labute approximate surface area is 107 Å². The van der Waals surface area contributed by atoms with Gasteiger partial charge in [-0.3, -0.25) is 4.79 Å². The first-order chi connectivity index (χ1) is 8.52. The van der Waals surface area contributed by atoms with Crippen molar-refractivity contribution in [2.45, 2.75) is 33.1 Å². The standard InChI is InChI=1S/C13H21N3O2/c1-9(7-8-14)3-6-12(18)16-13-11(17)5-4-10(2)15-13/h4-5,9,17H,3,6-8,14H2,1-2H3,(H,15,16,18). The second kappa shape index (κ2) is 6.96. The van der Waals surface area contributed by atoms with E-state index in [1.54, 1.807) is 13.0 Å². The molecule has 1 rings (SSSR count). The molecule has 5 heteroatoms. The summed E-state index contributed by atoms with van der Waals surface area (Å²) in [4.78, 5) is 15.8. The number of carbonyl (C=O) groups excluding carboxylic acids is 1. The number of amides is 1. The van der Waals surface area contributed by atoms with E-state index < -0.39 is 0 Å². The van der Waals surface area contributed by atoms with Gasteiger partial charge in [0.05, 0.1) is 0 Å². The van der Waals surface area contributed by atoms with Crippen LogP contribution in [-0.2, 0) is 4.79 Å². The Morgan fingerprint density at radius 3 is 2.89 bits per heavy atom. The lowest BCUT2D eigenvalue weighted by molar-refractivity contribution is -0.116. The van der Waals surface area contributed by atoms with Crippen molar-refractivity contribution in [3.05, 3.63) is 17.8 Å². The van der Waals surface area contributed by atoms with Crippen molar-refractivity contribution >= 4 is 11.7 Å². The number of nitrogens with one attached hydrogen (secondary N) is 1. The molecule has 18 heavy (non-hydrogen) atoms. The molecule has 1 amide bonds. The molecule has 0 bridgehead atoms. The van der Waals surface area contributed by atoms with Gasteiger partial charge in [0.2, 0.25) is 5.91 Å². The second-order valence-electron chi connectivity index (χ2n) is 4.59. The van der Waals surface area contributed by atoms with Crippen molar-refractivity contribution in [1.82, 2.24) is 4.98 Å². The first-order valence-electron chi connectivity index (χ1n) is 6.19. The molecule has 1 atom stereocenters. The summed E-state index contributed by atoms with van der Waals surface area (Å²) in [5.74, 6) is 0.516. The summed E-state index contributed by atoms with van der Waals surface area (Å²) in [7, 11) is 0. The molecule has 0 saturated carbocycles. The molecule has 0 aliphatic rings. The predicted octanol–water partition coefficient (Wildman–Crippen LogP) is 1.80. The molecule has 0 spiro atoms. The zero-order valence-electron chi connectivity index (χ0n) is 10.9. The summed E-state index contributed by atoms with van der Waals surface area (Å²) >= 11 is 0. The van der Waals surface area contributed by atoms with E-state index >= 15 is 0 Å². The molecular weight excluding hydrogens is 230 g/mol. The van der Waals surface area contributed by atoms with E-state index in [4.69, 9.17) is 5.73 Å². The average molecular weight is 251 g/mol. The molecule has 0 aliphatic carbocycles. The van der Waals surface area contributed by atoms with Gasteiger partial charge in [0.1, 0.15) is 0 Å². The van der Waals surface area contributed by atoms with Crippen molar-refractivity contribution in [2.24, 2.45) is 11.7 Å². The first-order valence-corrected chi connectivity index (χ1v) is 6.19. The predicted molar refractivity (Wildman–Crippen MR) is 71.3 cm³/mol. The highest BCUT2D eigenvalue weighted by molar-refractivity contribution is 5.90. The van der Waals surface area contributed by atoms with Crippen LogP contribution in [0, 0.1) is 12.8 Å². The minimum absolute atomic E-state index is 0.0102. The molecule has 1 heterocycles. The molecule has 1 aromatic rings. The minimum Gasteiger partial charge on any atom is -0.504 e. The van der Waals surface area contributed by atoms with Crippen LogP contribution in [0.15, 0.2) is 12.1 Å². The number of aryl methyl sites for hydroxylation is 1. The van der Waals surface area contributed by atoms with Gasteiger partial charge in [0.15, 0.2) is 11.6 Å². The molecule has 1 aromatic heterocycles. The molecule has 0 radical (unpaired) electrons. The maximum Gasteiger partial charge on any atom is 0.225 e. The van der Waals surface area contributed by atoms with Crippen LogP contribution < -0.4 is 11.1 Å². The van der Waals surface area contributed by atoms with Crippen molar-refractivity contribution in [2.75, 3.05) is 11.9 Å². The maximum atomic E-state index is 11.7. The molecule has 0 saturated heterocycles. The van der Waals surface area contributed by atoms with Crippen LogP contribution in [0.2, 0.25) is 0 Å². The van der Waals surface area contributed by atoms with Gasteiger partial charge in [-0.15, -0.1) is 0 Å². The van der Waals surface area contributed by atoms with Gasteiger partial charge < -0.3 is 16.2 Å². The van der Waals surface area contributed by atoms with E-state index in [1.807, 2.05) is 0 Å². The molecule has 5 nitrogen and oxygen atoms in total. The van der Waals surface area contributed by atoms with Gasteiger partial charge >= 0.3 is 0 Å². The summed E-state index contributed by atoms with van der Waals surface area (Å²) in [6.07, 6.45) is 2.12. The number of hydrogen-bond donors (Lipinski definition) is 3. The monoisotopic (exact) mass is 251 g/mol. The summed E-state index contributed by atoms with van der Waals surface area (Å²) in [5, 5.41) is 12.2. The van der Waals surface area contributed by atoms with Gasteiger partial charge in [0, 0.05) is 12.1 Å². The van der Waals surface area contributed by atoms with E-state index in [0.29, 0.717) is 18.9 Å². The fraction of sp³-hybridized carbons (Fsp3) is 0.538. The fourth-order valence-corrected chi connectivity index (χ4v) is 1.64. The van der Waals surface area contributed by atoms with E-state index in [1.165, 1.54) is 6.07 Å². The number of nitrogens with zero attached hydrogens (tertiary/aromatic N) is 1. The van der Waals surface area contributed by atoms with E-state index in [0.717, 1.165) is 18.5 Å². The molecule has 0 aromatic carbocycles.